The van der Waals surface area contributed by atoms with Crippen LogP contribution in [0.2, 0.25) is 15.1 Å². The number of ether oxygens (including phenoxy) is 1. The Balaban J connectivity index is 2.62. The quantitative estimate of drug-likeness (QED) is 0.739. The van der Waals surface area contributed by atoms with Crippen molar-refractivity contribution >= 4 is 34.8 Å². The highest BCUT2D eigenvalue weighted by atomic mass is 35.5. The summed E-state index contributed by atoms with van der Waals surface area (Å²) in [6, 6.07) is 4.21. The van der Waals surface area contributed by atoms with Gasteiger partial charge in [-0.1, -0.05) is 34.8 Å². The van der Waals surface area contributed by atoms with Gasteiger partial charge in [0.1, 0.15) is 11.4 Å². The van der Waals surface area contributed by atoms with Crippen LogP contribution in [0.3, 0.4) is 0 Å². The number of pyridine rings is 1. The van der Waals surface area contributed by atoms with Crippen LogP contribution in [0.1, 0.15) is 0 Å². The van der Waals surface area contributed by atoms with Gasteiger partial charge in [-0.25, -0.2) is 9.37 Å². The summed E-state index contributed by atoms with van der Waals surface area (Å²) >= 11 is 17.8. The molecule has 0 N–H and O–H groups in total. The van der Waals surface area contributed by atoms with Gasteiger partial charge in [0.25, 0.3) is 0 Å². The Morgan fingerprint density at radius 3 is 2.50 bits per heavy atom. The van der Waals surface area contributed by atoms with Gasteiger partial charge < -0.3 is 4.74 Å². The van der Waals surface area contributed by atoms with E-state index in [1.54, 1.807) is 0 Å². The fraction of sp³-hybridized carbons (Fsp3) is 0.0833. The van der Waals surface area contributed by atoms with Crippen LogP contribution in [0.15, 0.2) is 24.4 Å². The van der Waals surface area contributed by atoms with Crippen molar-refractivity contribution < 1.29 is 9.13 Å². The van der Waals surface area contributed by atoms with E-state index in [-0.39, 0.29) is 15.7 Å². The molecule has 0 radical (unpaired) electrons. The Hall–Kier alpha value is -1.03. The van der Waals surface area contributed by atoms with Crippen molar-refractivity contribution in [2.75, 3.05) is 7.11 Å². The zero-order chi connectivity index (χ0) is 13.3. The predicted molar refractivity (Wildman–Crippen MR) is 71.2 cm³/mol. The summed E-state index contributed by atoms with van der Waals surface area (Å²) in [6.07, 6.45) is 1.39. The zero-order valence-electron chi connectivity index (χ0n) is 9.18. The number of methoxy groups -OCH3 is 1. The number of hydrogen-bond donors (Lipinski definition) is 0. The second-order valence-electron chi connectivity index (χ2n) is 3.45. The molecule has 0 amide bonds. The van der Waals surface area contributed by atoms with Gasteiger partial charge in [0.2, 0.25) is 0 Å². The van der Waals surface area contributed by atoms with Gasteiger partial charge in [0.15, 0.2) is 5.82 Å². The van der Waals surface area contributed by atoms with Crippen LogP contribution in [0.4, 0.5) is 4.39 Å². The predicted octanol–water partition coefficient (Wildman–Crippen LogP) is 4.86. The molecule has 94 valence electrons. The third-order valence-corrected chi connectivity index (χ3v) is 3.32. The molecule has 0 aliphatic heterocycles. The van der Waals surface area contributed by atoms with E-state index in [0.29, 0.717) is 16.3 Å². The standard InChI is InChI=1S/C12H7Cl3FNO/c1-18-7-4-10(16)12(17-5-7)8-2-6(13)3-9(14)11(8)15/h2-5H,1H3. The maximum atomic E-state index is 13.9. The fourth-order valence-corrected chi connectivity index (χ4v) is 2.15. The van der Waals surface area contributed by atoms with Crippen LogP contribution in [-0.2, 0) is 0 Å². The van der Waals surface area contributed by atoms with Gasteiger partial charge in [0, 0.05) is 16.7 Å². The molecule has 0 aliphatic carbocycles. The lowest BCUT2D eigenvalue weighted by Crippen LogP contribution is -1.93. The molecule has 6 heteroatoms. The van der Waals surface area contributed by atoms with E-state index in [0.717, 1.165) is 0 Å². The monoisotopic (exact) mass is 305 g/mol. The van der Waals surface area contributed by atoms with E-state index in [2.05, 4.69) is 4.98 Å². The highest BCUT2D eigenvalue weighted by Gasteiger charge is 2.15. The fourth-order valence-electron chi connectivity index (χ4n) is 1.46. The lowest BCUT2D eigenvalue weighted by Gasteiger charge is -2.08. The Labute approximate surface area is 118 Å². The van der Waals surface area contributed by atoms with Gasteiger partial charge in [-0.3, -0.25) is 0 Å². The summed E-state index contributed by atoms with van der Waals surface area (Å²) in [5.41, 5.74) is 0.416. The number of benzene rings is 1. The van der Waals surface area contributed by atoms with E-state index in [1.165, 1.54) is 31.5 Å². The van der Waals surface area contributed by atoms with E-state index in [4.69, 9.17) is 39.5 Å². The maximum Gasteiger partial charge on any atom is 0.153 e. The largest absolute Gasteiger partial charge is 0.495 e. The highest BCUT2D eigenvalue weighted by Crippen LogP contribution is 2.37. The Morgan fingerprint density at radius 1 is 1.17 bits per heavy atom. The molecule has 0 atom stereocenters. The lowest BCUT2D eigenvalue weighted by molar-refractivity contribution is 0.409. The van der Waals surface area contributed by atoms with Crippen molar-refractivity contribution in [1.29, 1.82) is 0 Å². The first-order valence-corrected chi connectivity index (χ1v) is 6.00. The Kier molecular flexibility index (Phi) is 3.95. The second-order valence-corrected chi connectivity index (χ2v) is 4.68. The summed E-state index contributed by atoms with van der Waals surface area (Å²) in [5, 5.41) is 0.810. The van der Waals surface area contributed by atoms with Crippen LogP contribution in [-0.4, -0.2) is 12.1 Å². The number of rotatable bonds is 2. The minimum Gasteiger partial charge on any atom is -0.495 e. The minimum atomic E-state index is -0.561. The van der Waals surface area contributed by atoms with E-state index in [1.807, 2.05) is 0 Å². The molecule has 0 saturated carbocycles. The molecule has 0 fully saturated rings. The smallest absolute Gasteiger partial charge is 0.153 e. The topological polar surface area (TPSA) is 22.1 Å². The molecule has 0 unspecified atom stereocenters. The first kappa shape index (κ1) is 13.4. The molecule has 0 spiro atoms. The zero-order valence-corrected chi connectivity index (χ0v) is 11.4. The van der Waals surface area contributed by atoms with Gasteiger partial charge in [0.05, 0.1) is 23.4 Å². The van der Waals surface area contributed by atoms with Gasteiger partial charge in [-0.05, 0) is 12.1 Å². The molecule has 1 heterocycles. The lowest BCUT2D eigenvalue weighted by atomic mass is 10.1. The van der Waals surface area contributed by atoms with Crippen molar-refractivity contribution in [3.8, 4) is 17.0 Å². The van der Waals surface area contributed by atoms with Gasteiger partial charge in [-0.15, -0.1) is 0 Å². The summed E-state index contributed by atoms with van der Waals surface area (Å²) in [6.45, 7) is 0. The maximum absolute atomic E-state index is 13.9. The van der Waals surface area contributed by atoms with Gasteiger partial charge in [-0.2, -0.15) is 0 Å². The van der Waals surface area contributed by atoms with Crippen LogP contribution in [0.25, 0.3) is 11.3 Å². The average Bonchev–Trinajstić information content (AvgIpc) is 2.34. The summed E-state index contributed by atoms with van der Waals surface area (Å²) < 4.78 is 18.8. The van der Waals surface area contributed by atoms with Gasteiger partial charge >= 0.3 is 0 Å². The highest BCUT2D eigenvalue weighted by molar-refractivity contribution is 6.45. The summed E-state index contributed by atoms with van der Waals surface area (Å²) in [5.74, 6) is -0.241. The van der Waals surface area contributed by atoms with Crippen LogP contribution >= 0.6 is 34.8 Å². The van der Waals surface area contributed by atoms with Crippen LogP contribution in [0.5, 0.6) is 5.75 Å². The molecule has 0 aliphatic rings. The molecule has 0 bridgehead atoms. The number of halogens is 4. The summed E-state index contributed by atoms with van der Waals surface area (Å²) in [7, 11) is 1.43. The third-order valence-electron chi connectivity index (χ3n) is 2.30. The number of aromatic nitrogens is 1. The van der Waals surface area contributed by atoms with Crippen LogP contribution < -0.4 is 4.74 Å². The Morgan fingerprint density at radius 2 is 1.89 bits per heavy atom. The van der Waals surface area contributed by atoms with E-state index >= 15 is 0 Å². The number of hydrogen-bond acceptors (Lipinski definition) is 2. The molecule has 1 aromatic heterocycles. The van der Waals surface area contributed by atoms with Crippen molar-refractivity contribution in [3.05, 3.63) is 45.3 Å². The molecule has 2 aromatic rings. The molecular formula is C12H7Cl3FNO. The van der Waals surface area contributed by atoms with Crippen molar-refractivity contribution in [1.82, 2.24) is 4.98 Å². The van der Waals surface area contributed by atoms with E-state index in [9.17, 15) is 4.39 Å². The minimum absolute atomic E-state index is 0.0743. The second kappa shape index (κ2) is 5.31. The third kappa shape index (κ3) is 2.53. The number of nitrogens with zero attached hydrogens (tertiary/aromatic N) is 1. The van der Waals surface area contributed by atoms with Crippen molar-refractivity contribution in [3.63, 3.8) is 0 Å². The first-order valence-electron chi connectivity index (χ1n) is 4.87. The molecule has 1 aromatic carbocycles. The van der Waals surface area contributed by atoms with E-state index < -0.39 is 5.82 Å². The summed E-state index contributed by atoms with van der Waals surface area (Å²) in [4.78, 5) is 3.96. The average molecular weight is 307 g/mol. The molecule has 2 rings (SSSR count). The van der Waals surface area contributed by atoms with Crippen molar-refractivity contribution in [2.45, 2.75) is 0 Å². The molecule has 2 nitrogen and oxygen atoms in total. The normalized spacial score (nSPS) is 10.5. The Bertz CT molecular complexity index is 604. The molecular weight excluding hydrogens is 299 g/mol. The van der Waals surface area contributed by atoms with Crippen molar-refractivity contribution in [2.24, 2.45) is 0 Å². The first-order chi connectivity index (χ1) is 8.52. The van der Waals surface area contributed by atoms with Crippen LogP contribution in [0, 0.1) is 5.82 Å². The molecule has 0 saturated heterocycles. The molecule has 18 heavy (non-hydrogen) atoms. The SMILES string of the molecule is COc1cnc(-c2cc(Cl)cc(Cl)c2Cl)c(F)c1.